The molecule has 0 radical (unpaired) electrons. The molecule has 6 nitrogen and oxygen atoms in total. The molecular weight excluding hydrogens is 424 g/mol. The second-order valence-electron chi connectivity index (χ2n) is 7.91. The summed E-state index contributed by atoms with van der Waals surface area (Å²) in [6.07, 6.45) is 6.18. The summed E-state index contributed by atoms with van der Waals surface area (Å²) >= 11 is 1.20. The van der Waals surface area contributed by atoms with Gasteiger partial charge in [-0.25, -0.2) is 13.8 Å². The van der Waals surface area contributed by atoms with Crippen LogP contribution in [0.2, 0.25) is 0 Å². The number of hydrogen-bond acceptors (Lipinski definition) is 5. The van der Waals surface area contributed by atoms with Crippen molar-refractivity contribution in [3.8, 4) is 16.3 Å². The molecule has 5 rings (SSSR count). The molecule has 0 saturated carbocycles. The maximum absolute atomic E-state index is 14.0. The number of carbonyl (C=O) groups excluding carboxylic acids is 1. The molecule has 9 heteroatoms. The zero-order chi connectivity index (χ0) is 21.7. The maximum atomic E-state index is 14.0. The summed E-state index contributed by atoms with van der Waals surface area (Å²) in [5.41, 5.74) is -0.0975. The zero-order valence-corrected chi connectivity index (χ0v) is 17.3. The van der Waals surface area contributed by atoms with Gasteiger partial charge in [0.15, 0.2) is 11.4 Å². The fraction of sp³-hybridized carbons (Fsp3) is 0.318. The van der Waals surface area contributed by atoms with Crippen molar-refractivity contribution in [1.82, 2.24) is 14.5 Å². The van der Waals surface area contributed by atoms with Crippen LogP contribution in [-0.2, 0) is 13.0 Å². The monoisotopic (exact) mass is 443 g/mol. The van der Waals surface area contributed by atoms with E-state index in [1.807, 2.05) is 0 Å². The molecule has 0 aliphatic carbocycles. The molecule has 1 amide bonds. The molecule has 31 heavy (non-hydrogen) atoms. The molecule has 2 aliphatic heterocycles. The average Bonchev–Trinajstić information content (AvgIpc) is 3.21. The third kappa shape index (κ3) is 3.42. The van der Waals surface area contributed by atoms with Gasteiger partial charge in [0.05, 0.1) is 5.56 Å². The lowest BCUT2D eigenvalue weighted by molar-refractivity contribution is 0.0506. The van der Waals surface area contributed by atoms with E-state index in [2.05, 4.69) is 4.98 Å². The molecule has 0 bridgehead atoms. The van der Waals surface area contributed by atoms with Crippen molar-refractivity contribution in [3.63, 3.8) is 0 Å². The molecule has 2 aromatic heterocycles. The van der Waals surface area contributed by atoms with Gasteiger partial charge in [0, 0.05) is 48.9 Å². The Morgan fingerprint density at radius 3 is 2.87 bits per heavy atom. The standard InChI is InChI=1S/C22H19F2N3O3S/c23-13-5-4-12(17(24)8-13)7-15-9-25-21(31-15)16-11-26-10-14-3-1-2-6-27(14)22(30)18(26)20(29)19(16)28/h4-5,8-9,11,14,29H,1-3,6-7,10H2/t14-/m1/s1. The van der Waals surface area contributed by atoms with Crippen LogP contribution in [0.5, 0.6) is 5.75 Å². The SMILES string of the molecule is O=C1c2c(O)c(=O)c(-c3ncc(Cc4ccc(F)cc4F)s3)cn2C[C@H]2CCCCN12. The van der Waals surface area contributed by atoms with Crippen LogP contribution >= 0.6 is 11.3 Å². The smallest absolute Gasteiger partial charge is 0.274 e. The molecule has 1 aromatic carbocycles. The van der Waals surface area contributed by atoms with E-state index in [1.165, 1.54) is 29.7 Å². The van der Waals surface area contributed by atoms with Crippen molar-refractivity contribution in [2.45, 2.75) is 38.3 Å². The van der Waals surface area contributed by atoms with E-state index in [4.69, 9.17) is 0 Å². The van der Waals surface area contributed by atoms with Crippen molar-refractivity contribution >= 4 is 17.2 Å². The van der Waals surface area contributed by atoms with Gasteiger partial charge in [0.2, 0.25) is 5.43 Å². The Labute approximate surface area is 180 Å². The topological polar surface area (TPSA) is 75.4 Å². The van der Waals surface area contributed by atoms with Gasteiger partial charge in [-0.3, -0.25) is 9.59 Å². The van der Waals surface area contributed by atoms with Crippen LogP contribution in [0.3, 0.4) is 0 Å². The third-order valence-electron chi connectivity index (χ3n) is 5.92. The van der Waals surface area contributed by atoms with E-state index >= 15 is 0 Å². The molecule has 1 atom stereocenters. The first-order valence-corrected chi connectivity index (χ1v) is 10.9. The van der Waals surface area contributed by atoms with E-state index in [-0.39, 0.29) is 29.6 Å². The van der Waals surface area contributed by atoms with E-state index in [1.54, 1.807) is 15.7 Å². The Kier molecular flexibility index (Phi) is 4.85. The summed E-state index contributed by atoms with van der Waals surface area (Å²) in [6, 6.07) is 3.46. The number of thiazole rings is 1. The number of halogens is 2. The minimum absolute atomic E-state index is 0.0251. The van der Waals surface area contributed by atoms with Gasteiger partial charge in [-0.2, -0.15) is 0 Å². The number of aromatic nitrogens is 2. The minimum Gasteiger partial charge on any atom is -0.503 e. The first-order valence-electron chi connectivity index (χ1n) is 10.1. The summed E-state index contributed by atoms with van der Waals surface area (Å²) in [7, 11) is 0. The van der Waals surface area contributed by atoms with E-state index in [0.717, 1.165) is 25.3 Å². The molecule has 1 fully saturated rings. The quantitative estimate of drug-likeness (QED) is 0.672. The molecule has 160 valence electrons. The highest BCUT2D eigenvalue weighted by Crippen LogP contribution is 2.32. The van der Waals surface area contributed by atoms with Crippen LogP contribution in [0.25, 0.3) is 10.6 Å². The van der Waals surface area contributed by atoms with Crippen LogP contribution in [-0.4, -0.2) is 38.1 Å². The highest BCUT2D eigenvalue weighted by molar-refractivity contribution is 7.15. The van der Waals surface area contributed by atoms with Crippen molar-refractivity contribution in [2.75, 3.05) is 6.54 Å². The van der Waals surface area contributed by atoms with Gasteiger partial charge >= 0.3 is 0 Å². The Morgan fingerprint density at radius 1 is 1.23 bits per heavy atom. The van der Waals surface area contributed by atoms with Gasteiger partial charge in [0.25, 0.3) is 5.91 Å². The fourth-order valence-corrected chi connectivity index (χ4v) is 5.30. The Morgan fingerprint density at radius 2 is 2.06 bits per heavy atom. The molecule has 1 N–H and O–H groups in total. The van der Waals surface area contributed by atoms with Gasteiger partial charge in [-0.15, -0.1) is 11.3 Å². The largest absolute Gasteiger partial charge is 0.503 e. The van der Waals surface area contributed by atoms with Gasteiger partial charge < -0.3 is 14.6 Å². The number of rotatable bonds is 3. The lowest BCUT2D eigenvalue weighted by Crippen LogP contribution is -2.51. The first-order chi connectivity index (χ1) is 14.9. The van der Waals surface area contributed by atoms with Crippen LogP contribution in [0.15, 0.2) is 35.4 Å². The lowest BCUT2D eigenvalue weighted by Gasteiger charge is -2.40. The minimum atomic E-state index is -0.649. The fourth-order valence-electron chi connectivity index (χ4n) is 4.36. The number of aromatic hydroxyl groups is 1. The van der Waals surface area contributed by atoms with Crippen LogP contribution in [0.1, 0.15) is 40.2 Å². The normalized spacial score (nSPS) is 18.1. The summed E-state index contributed by atoms with van der Waals surface area (Å²) in [5, 5.41) is 10.9. The predicted octanol–water partition coefficient (Wildman–Crippen LogP) is 3.55. The zero-order valence-electron chi connectivity index (χ0n) is 16.5. The van der Waals surface area contributed by atoms with E-state index in [9.17, 15) is 23.5 Å². The van der Waals surface area contributed by atoms with Crippen molar-refractivity contribution in [3.05, 3.63) is 68.6 Å². The van der Waals surface area contributed by atoms with Crippen molar-refractivity contribution < 1.29 is 18.7 Å². The van der Waals surface area contributed by atoms with E-state index in [0.29, 0.717) is 28.5 Å². The number of benzene rings is 1. The second-order valence-corrected chi connectivity index (χ2v) is 9.03. The van der Waals surface area contributed by atoms with Crippen LogP contribution in [0.4, 0.5) is 8.78 Å². The Balaban J connectivity index is 1.50. The van der Waals surface area contributed by atoms with Crippen LogP contribution < -0.4 is 5.43 Å². The predicted molar refractivity (Wildman–Crippen MR) is 111 cm³/mol. The first kappa shape index (κ1) is 19.9. The number of carbonyl (C=O) groups is 1. The van der Waals surface area contributed by atoms with Gasteiger partial charge in [-0.05, 0) is 30.9 Å². The van der Waals surface area contributed by atoms with E-state index < -0.39 is 22.8 Å². The number of hydrogen-bond donors (Lipinski definition) is 1. The summed E-state index contributed by atoms with van der Waals surface area (Å²) < 4.78 is 28.7. The highest BCUT2D eigenvalue weighted by atomic mass is 32.1. The number of fused-ring (bicyclic) bond motifs is 2. The molecular formula is C22H19F2N3O3S. The number of piperidine rings is 1. The van der Waals surface area contributed by atoms with Gasteiger partial charge in [-0.1, -0.05) is 6.07 Å². The Bertz CT molecular complexity index is 1250. The molecule has 2 aliphatic rings. The second kappa shape index (κ2) is 7.56. The number of pyridine rings is 1. The summed E-state index contributed by atoms with van der Waals surface area (Å²) in [5.74, 6) is -2.16. The maximum Gasteiger partial charge on any atom is 0.274 e. The number of nitrogens with zero attached hydrogens (tertiary/aromatic N) is 3. The van der Waals surface area contributed by atoms with Crippen LogP contribution in [0, 0.1) is 11.6 Å². The van der Waals surface area contributed by atoms with Crippen molar-refractivity contribution in [2.24, 2.45) is 0 Å². The number of amides is 1. The summed E-state index contributed by atoms with van der Waals surface area (Å²) in [4.78, 5) is 32.4. The molecule has 3 aromatic rings. The lowest BCUT2D eigenvalue weighted by atomic mass is 9.98. The molecule has 0 unspecified atom stereocenters. The molecule has 1 saturated heterocycles. The summed E-state index contributed by atoms with van der Waals surface area (Å²) in [6.45, 7) is 1.15. The third-order valence-corrected chi connectivity index (χ3v) is 6.95. The average molecular weight is 443 g/mol. The van der Waals surface area contributed by atoms with Crippen molar-refractivity contribution in [1.29, 1.82) is 0 Å². The highest BCUT2D eigenvalue weighted by Gasteiger charge is 2.37. The Hall–Kier alpha value is -3.07. The van der Waals surface area contributed by atoms with Gasteiger partial charge in [0.1, 0.15) is 16.6 Å². The molecule has 0 spiro atoms. The molecule has 4 heterocycles.